The van der Waals surface area contributed by atoms with Crippen LogP contribution in [0.2, 0.25) is 0 Å². The highest BCUT2D eigenvalue weighted by Crippen LogP contribution is 2.38. The highest BCUT2D eigenvalue weighted by atomic mass is 31.2. The molecule has 124 valence electrons. The van der Waals surface area contributed by atoms with Gasteiger partial charge in [-0.15, -0.1) is 6.42 Å². The number of benzene rings is 1. The molecule has 1 saturated heterocycles. The molecule has 2 N–H and O–H groups in total. The molecule has 0 unspecified atom stereocenters. The summed E-state index contributed by atoms with van der Waals surface area (Å²) in [5.41, 5.74) is 1.05. The highest BCUT2D eigenvalue weighted by molar-refractivity contribution is 7.70. The van der Waals surface area contributed by atoms with Crippen molar-refractivity contribution < 1.29 is 14.1 Å². The first kappa shape index (κ1) is 17.6. The summed E-state index contributed by atoms with van der Waals surface area (Å²) in [6, 6.07) is 5.38. The smallest absolute Gasteiger partial charge is 0.253 e. The molecule has 1 aromatic rings. The summed E-state index contributed by atoms with van der Waals surface area (Å²) >= 11 is 0. The van der Waals surface area contributed by atoms with Gasteiger partial charge >= 0.3 is 0 Å². The Bertz CT molecular complexity index is 654. The first-order valence-electron chi connectivity index (χ1n) is 7.68. The van der Waals surface area contributed by atoms with Gasteiger partial charge < -0.3 is 19.9 Å². The third-order valence-electron chi connectivity index (χ3n) is 3.79. The molecule has 6 heteroatoms. The summed E-state index contributed by atoms with van der Waals surface area (Å²) in [7, 11) is -2.54. The van der Waals surface area contributed by atoms with Crippen molar-refractivity contribution in [2.24, 2.45) is 0 Å². The number of anilines is 1. The van der Waals surface area contributed by atoms with Crippen molar-refractivity contribution in [1.82, 2.24) is 5.32 Å². The number of nitrogens with one attached hydrogen (secondary N) is 2. The van der Waals surface area contributed by atoms with E-state index in [4.69, 9.17) is 11.2 Å². The largest absolute Gasteiger partial charge is 0.381 e. The number of ether oxygens (including phenoxy) is 1. The fourth-order valence-corrected chi connectivity index (χ4v) is 3.79. The normalized spacial score (nSPS) is 15.7. The summed E-state index contributed by atoms with van der Waals surface area (Å²) in [6.45, 7) is 4.96. The Balaban J connectivity index is 2.30. The van der Waals surface area contributed by atoms with Gasteiger partial charge in [-0.05, 0) is 38.3 Å². The Morgan fingerprint density at radius 3 is 2.70 bits per heavy atom. The van der Waals surface area contributed by atoms with Crippen molar-refractivity contribution in [3.8, 4) is 12.3 Å². The second kappa shape index (κ2) is 7.68. The molecule has 1 amide bonds. The molecule has 1 aliphatic rings. The van der Waals surface area contributed by atoms with E-state index in [0.717, 1.165) is 12.8 Å². The molecule has 0 aromatic heterocycles. The minimum Gasteiger partial charge on any atom is -0.381 e. The summed E-state index contributed by atoms with van der Waals surface area (Å²) in [5.74, 6) is 2.32. The van der Waals surface area contributed by atoms with Crippen LogP contribution in [0.1, 0.15) is 23.2 Å². The number of rotatable bonds is 5. The lowest BCUT2D eigenvalue weighted by Crippen LogP contribution is -2.39. The van der Waals surface area contributed by atoms with Gasteiger partial charge in [-0.2, -0.15) is 0 Å². The second-order valence-corrected chi connectivity index (χ2v) is 9.15. The van der Waals surface area contributed by atoms with Gasteiger partial charge in [0.25, 0.3) is 5.91 Å². The van der Waals surface area contributed by atoms with Gasteiger partial charge in [0.1, 0.15) is 7.14 Å². The lowest BCUT2D eigenvalue weighted by Gasteiger charge is -2.24. The minimum absolute atomic E-state index is 0.107. The Morgan fingerprint density at radius 2 is 2.09 bits per heavy atom. The van der Waals surface area contributed by atoms with Gasteiger partial charge in [-0.3, -0.25) is 4.79 Å². The van der Waals surface area contributed by atoms with E-state index >= 15 is 0 Å². The van der Waals surface area contributed by atoms with Gasteiger partial charge in [-0.25, -0.2) is 0 Å². The number of amides is 1. The molecule has 0 spiro atoms. The Morgan fingerprint density at radius 1 is 1.39 bits per heavy atom. The molecule has 0 aliphatic carbocycles. The average molecular weight is 334 g/mol. The van der Waals surface area contributed by atoms with E-state index in [0.29, 0.717) is 29.8 Å². The predicted molar refractivity (Wildman–Crippen MR) is 94.2 cm³/mol. The number of terminal acetylenes is 1. The van der Waals surface area contributed by atoms with Crippen molar-refractivity contribution in [3.63, 3.8) is 0 Å². The molecule has 0 atom stereocenters. The molecule has 0 saturated carbocycles. The summed E-state index contributed by atoms with van der Waals surface area (Å²) < 4.78 is 17.8. The SMILES string of the molecule is C#CCNc1c(C(=O)NC2CCOCC2)cccc1P(C)(C)=O. The van der Waals surface area contributed by atoms with Crippen LogP contribution in [0.4, 0.5) is 5.69 Å². The van der Waals surface area contributed by atoms with E-state index < -0.39 is 7.14 Å². The topological polar surface area (TPSA) is 67.4 Å². The molecule has 1 fully saturated rings. The lowest BCUT2D eigenvalue weighted by molar-refractivity contribution is 0.0697. The zero-order chi connectivity index (χ0) is 16.9. The maximum atomic E-state index is 12.6. The van der Waals surface area contributed by atoms with Crippen LogP contribution in [0.15, 0.2) is 18.2 Å². The third-order valence-corrected chi connectivity index (χ3v) is 5.32. The van der Waals surface area contributed by atoms with Crippen LogP contribution in [-0.2, 0) is 9.30 Å². The average Bonchev–Trinajstić information content (AvgIpc) is 2.52. The lowest BCUT2D eigenvalue weighted by atomic mass is 10.1. The van der Waals surface area contributed by atoms with E-state index in [9.17, 15) is 9.36 Å². The molecule has 2 rings (SSSR count). The monoisotopic (exact) mass is 334 g/mol. The summed E-state index contributed by atoms with van der Waals surface area (Å²) in [5, 5.41) is 6.74. The number of carbonyl (C=O) groups excluding carboxylic acids is 1. The van der Waals surface area contributed by atoms with E-state index in [2.05, 4.69) is 16.6 Å². The third kappa shape index (κ3) is 4.60. The molecule has 1 aromatic carbocycles. The zero-order valence-electron chi connectivity index (χ0n) is 13.6. The quantitative estimate of drug-likeness (QED) is 0.637. The number of hydrogen-bond donors (Lipinski definition) is 2. The van der Waals surface area contributed by atoms with E-state index in [1.165, 1.54) is 0 Å². The van der Waals surface area contributed by atoms with E-state index in [1.54, 1.807) is 31.5 Å². The molecule has 1 aliphatic heterocycles. The molecule has 0 radical (unpaired) electrons. The molecule has 23 heavy (non-hydrogen) atoms. The van der Waals surface area contributed by atoms with Crippen LogP contribution in [0, 0.1) is 12.3 Å². The number of carbonyl (C=O) groups is 1. The zero-order valence-corrected chi connectivity index (χ0v) is 14.5. The van der Waals surface area contributed by atoms with Crippen LogP contribution in [0.25, 0.3) is 0 Å². The van der Waals surface area contributed by atoms with Crippen LogP contribution in [-0.4, -0.2) is 45.0 Å². The van der Waals surface area contributed by atoms with Crippen molar-refractivity contribution >= 4 is 24.0 Å². The maximum Gasteiger partial charge on any atom is 0.253 e. The molecule has 5 nitrogen and oxygen atoms in total. The van der Waals surface area contributed by atoms with Gasteiger partial charge in [0, 0.05) is 24.6 Å². The van der Waals surface area contributed by atoms with Crippen LogP contribution >= 0.6 is 7.14 Å². The fourth-order valence-electron chi connectivity index (χ4n) is 2.61. The van der Waals surface area contributed by atoms with E-state index in [-0.39, 0.29) is 18.5 Å². The summed E-state index contributed by atoms with van der Waals surface area (Å²) in [6.07, 6.45) is 6.92. The highest BCUT2D eigenvalue weighted by Gasteiger charge is 2.23. The van der Waals surface area contributed by atoms with Gasteiger partial charge in [0.2, 0.25) is 0 Å². The standard InChI is InChI=1S/C17H23N2O3P/c1-4-10-18-16-14(6-5-7-15(16)23(2,3)21)17(20)19-13-8-11-22-12-9-13/h1,5-7,13,18H,8-12H2,2-3H3,(H,19,20). The molecule has 1 heterocycles. The molecular formula is C17H23N2O3P. The van der Waals surface area contributed by atoms with Gasteiger partial charge in [0.15, 0.2) is 0 Å². The summed E-state index contributed by atoms with van der Waals surface area (Å²) in [4.78, 5) is 12.6. The fraction of sp³-hybridized carbons (Fsp3) is 0.471. The first-order valence-corrected chi connectivity index (χ1v) is 10.3. The predicted octanol–water partition coefficient (Wildman–Crippen LogP) is 1.89. The molecule has 0 bridgehead atoms. The van der Waals surface area contributed by atoms with Gasteiger partial charge in [0.05, 0.1) is 17.8 Å². The van der Waals surface area contributed by atoms with Crippen LogP contribution in [0.5, 0.6) is 0 Å². The van der Waals surface area contributed by atoms with Crippen molar-refractivity contribution in [2.45, 2.75) is 18.9 Å². The van der Waals surface area contributed by atoms with Crippen molar-refractivity contribution in [1.29, 1.82) is 0 Å². The van der Waals surface area contributed by atoms with Gasteiger partial charge in [-0.1, -0.05) is 12.0 Å². The Kier molecular flexibility index (Phi) is 5.87. The van der Waals surface area contributed by atoms with Crippen LogP contribution in [0.3, 0.4) is 0 Å². The maximum absolute atomic E-state index is 12.6. The van der Waals surface area contributed by atoms with Crippen molar-refractivity contribution in [3.05, 3.63) is 23.8 Å². The van der Waals surface area contributed by atoms with Crippen molar-refractivity contribution in [2.75, 3.05) is 38.4 Å². The Labute approximate surface area is 137 Å². The Hall–Kier alpha value is -1.76. The molecular weight excluding hydrogens is 311 g/mol. The number of hydrogen-bond acceptors (Lipinski definition) is 4. The van der Waals surface area contributed by atoms with E-state index in [1.807, 2.05) is 0 Å². The second-order valence-electron chi connectivity index (χ2n) is 5.97. The number of para-hydroxylation sites is 1. The van der Waals surface area contributed by atoms with Crippen LogP contribution < -0.4 is 15.9 Å². The first-order chi connectivity index (χ1) is 10.9. The minimum atomic E-state index is -2.54.